The first-order valence-electron chi connectivity index (χ1n) is 12.1. The minimum Gasteiger partial charge on any atom is -0.338 e. The lowest BCUT2D eigenvalue weighted by Gasteiger charge is -2.42. The predicted molar refractivity (Wildman–Crippen MR) is 141 cm³/mol. The first-order valence-corrected chi connectivity index (χ1v) is 13.4. The van der Waals surface area contributed by atoms with Crippen LogP contribution in [0.4, 0.5) is 0 Å². The fourth-order valence-electron chi connectivity index (χ4n) is 5.20. The Bertz CT molecular complexity index is 1210. The molecule has 2 aromatic carbocycles. The molecule has 1 saturated heterocycles. The molecule has 0 bridgehead atoms. The highest BCUT2D eigenvalue weighted by Crippen LogP contribution is 2.37. The number of benzene rings is 2. The summed E-state index contributed by atoms with van der Waals surface area (Å²) in [4.78, 5) is 34.0. The molecule has 2 aliphatic heterocycles. The van der Waals surface area contributed by atoms with Crippen LogP contribution in [0, 0.1) is 6.92 Å². The minimum absolute atomic E-state index is 0.0123. The van der Waals surface area contributed by atoms with Crippen LogP contribution in [0.15, 0.2) is 60.0 Å². The van der Waals surface area contributed by atoms with Crippen LogP contribution in [0.5, 0.6) is 0 Å². The number of hydrogen-bond acceptors (Lipinski definition) is 4. The summed E-state index contributed by atoms with van der Waals surface area (Å²) < 4.78 is 0. The Morgan fingerprint density at radius 1 is 1.00 bits per heavy atom. The molecule has 0 saturated carbocycles. The van der Waals surface area contributed by atoms with Crippen LogP contribution in [-0.2, 0) is 11.2 Å². The van der Waals surface area contributed by atoms with Crippen molar-refractivity contribution in [3.63, 3.8) is 0 Å². The number of amides is 2. The largest absolute Gasteiger partial charge is 0.338 e. The summed E-state index contributed by atoms with van der Waals surface area (Å²) in [7, 11) is 0. The van der Waals surface area contributed by atoms with Crippen molar-refractivity contribution in [1.82, 2.24) is 14.7 Å². The molecule has 182 valence electrons. The fourth-order valence-corrected chi connectivity index (χ4v) is 6.23. The number of fused-ring (bicyclic) bond motifs is 1. The van der Waals surface area contributed by atoms with Gasteiger partial charge in [-0.1, -0.05) is 41.4 Å². The Morgan fingerprint density at radius 2 is 1.74 bits per heavy atom. The summed E-state index contributed by atoms with van der Waals surface area (Å²) >= 11 is 7.78. The molecular weight excluding hydrogens is 478 g/mol. The zero-order valence-electron chi connectivity index (χ0n) is 20.1. The van der Waals surface area contributed by atoms with E-state index in [9.17, 15) is 9.59 Å². The van der Waals surface area contributed by atoms with E-state index < -0.39 is 0 Å². The Kier molecular flexibility index (Phi) is 6.96. The van der Waals surface area contributed by atoms with Gasteiger partial charge in [0, 0.05) is 47.7 Å². The first-order chi connectivity index (χ1) is 16.9. The number of carbonyl (C=O) groups is 2. The van der Waals surface area contributed by atoms with Gasteiger partial charge in [-0.05, 0) is 67.1 Å². The third kappa shape index (κ3) is 5.01. The van der Waals surface area contributed by atoms with Crippen molar-refractivity contribution < 1.29 is 9.59 Å². The average Bonchev–Trinajstić information content (AvgIpc) is 3.33. The number of carbonyl (C=O) groups excluding carboxylic acids is 2. The minimum atomic E-state index is -0.0476. The summed E-state index contributed by atoms with van der Waals surface area (Å²) in [5.41, 5.74) is 4.42. The number of halogens is 1. The third-order valence-corrected chi connectivity index (χ3v) is 8.38. The smallest absolute Gasteiger partial charge is 0.254 e. The van der Waals surface area contributed by atoms with Crippen molar-refractivity contribution in [3.8, 4) is 0 Å². The molecule has 3 heterocycles. The van der Waals surface area contributed by atoms with E-state index >= 15 is 0 Å². The lowest BCUT2D eigenvalue weighted by molar-refractivity contribution is -0.135. The average molecular weight is 508 g/mol. The van der Waals surface area contributed by atoms with E-state index in [-0.39, 0.29) is 23.9 Å². The van der Waals surface area contributed by atoms with Crippen molar-refractivity contribution in [2.24, 2.45) is 0 Å². The van der Waals surface area contributed by atoms with Gasteiger partial charge in [-0.3, -0.25) is 14.5 Å². The van der Waals surface area contributed by atoms with Gasteiger partial charge in [0.1, 0.15) is 0 Å². The number of aryl methyl sites for hydroxylation is 1. The van der Waals surface area contributed by atoms with Gasteiger partial charge in [-0.15, -0.1) is 11.3 Å². The van der Waals surface area contributed by atoms with E-state index in [1.54, 1.807) is 24.3 Å². The van der Waals surface area contributed by atoms with Crippen molar-refractivity contribution in [2.75, 3.05) is 32.7 Å². The molecule has 35 heavy (non-hydrogen) atoms. The zero-order chi connectivity index (χ0) is 24.5. The van der Waals surface area contributed by atoms with Crippen molar-refractivity contribution >= 4 is 34.8 Å². The number of hydrogen-bond donors (Lipinski definition) is 0. The Labute approximate surface area is 215 Å². The molecule has 1 fully saturated rings. The normalized spacial score (nSPS) is 20.5. The predicted octanol–water partition coefficient (Wildman–Crippen LogP) is 5.03. The van der Waals surface area contributed by atoms with Crippen molar-refractivity contribution in [1.29, 1.82) is 0 Å². The second-order valence-electron chi connectivity index (χ2n) is 9.53. The van der Waals surface area contributed by atoms with Crippen molar-refractivity contribution in [3.05, 3.63) is 92.1 Å². The van der Waals surface area contributed by atoms with E-state index in [0.29, 0.717) is 36.8 Å². The van der Waals surface area contributed by atoms with Gasteiger partial charge in [0.05, 0.1) is 12.6 Å². The molecule has 2 aliphatic rings. The fraction of sp³-hybridized carbons (Fsp3) is 0.357. The van der Waals surface area contributed by atoms with Crippen LogP contribution in [0.2, 0.25) is 5.02 Å². The second-order valence-corrected chi connectivity index (χ2v) is 11.0. The molecule has 2 atom stereocenters. The van der Waals surface area contributed by atoms with Crippen LogP contribution >= 0.6 is 22.9 Å². The molecule has 0 radical (unpaired) electrons. The van der Waals surface area contributed by atoms with Gasteiger partial charge in [0.15, 0.2) is 0 Å². The molecule has 7 heteroatoms. The van der Waals surface area contributed by atoms with Crippen LogP contribution in [0.3, 0.4) is 0 Å². The maximum absolute atomic E-state index is 13.4. The number of nitrogens with zero attached hydrogens (tertiary/aromatic N) is 3. The SMILES string of the molecule is Cc1ccc([C@@H]2c3ccsc3CCN2CC(=O)N2CCN(C(=O)c3ccc(Cl)cc3)[C@@H](C)C2)cc1. The second kappa shape index (κ2) is 10.1. The quantitative estimate of drug-likeness (QED) is 0.497. The molecule has 5 nitrogen and oxygen atoms in total. The highest BCUT2D eigenvalue weighted by atomic mass is 35.5. The molecule has 0 N–H and O–H groups in total. The number of rotatable bonds is 4. The zero-order valence-corrected chi connectivity index (χ0v) is 21.7. The Morgan fingerprint density at radius 3 is 2.46 bits per heavy atom. The van der Waals surface area contributed by atoms with Crippen LogP contribution < -0.4 is 0 Å². The van der Waals surface area contributed by atoms with E-state index in [4.69, 9.17) is 11.6 Å². The molecule has 3 aromatic rings. The Balaban J connectivity index is 1.27. The van der Waals surface area contributed by atoms with Gasteiger partial charge in [0.25, 0.3) is 5.91 Å². The molecule has 1 aromatic heterocycles. The van der Waals surface area contributed by atoms with E-state index in [1.165, 1.54) is 21.6 Å². The maximum atomic E-state index is 13.4. The van der Waals surface area contributed by atoms with Gasteiger partial charge >= 0.3 is 0 Å². The summed E-state index contributed by atoms with van der Waals surface area (Å²) in [6.07, 6.45) is 0.975. The summed E-state index contributed by atoms with van der Waals surface area (Å²) in [5.74, 6) is 0.118. The van der Waals surface area contributed by atoms with Crippen LogP contribution in [-0.4, -0.2) is 65.3 Å². The summed E-state index contributed by atoms with van der Waals surface area (Å²) in [6, 6.07) is 17.9. The molecule has 0 spiro atoms. The lowest BCUT2D eigenvalue weighted by atomic mass is 9.92. The Hall–Kier alpha value is -2.67. The molecule has 5 rings (SSSR count). The van der Waals surface area contributed by atoms with Crippen LogP contribution in [0.25, 0.3) is 0 Å². The maximum Gasteiger partial charge on any atom is 0.254 e. The number of thiophene rings is 1. The topological polar surface area (TPSA) is 43.9 Å². The summed E-state index contributed by atoms with van der Waals surface area (Å²) in [5, 5.41) is 2.77. The molecule has 0 aliphatic carbocycles. The lowest BCUT2D eigenvalue weighted by Crippen LogP contribution is -2.57. The highest BCUT2D eigenvalue weighted by molar-refractivity contribution is 7.10. The van der Waals surface area contributed by atoms with E-state index in [2.05, 4.69) is 47.5 Å². The highest BCUT2D eigenvalue weighted by Gasteiger charge is 2.34. The third-order valence-electron chi connectivity index (χ3n) is 7.13. The van der Waals surface area contributed by atoms with E-state index in [1.807, 2.05) is 28.1 Å². The number of piperazine rings is 1. The monoisotopic (exact) mass is 507 g/mol. The van der Waals surface area contributed by atoms with E-state index in [0.717, 1.165) is 13.0 Å². The van der Waals surface area contributed by atoms with Crippen molar-refractivity contribution in [2.45, 2.75) is 32.4 Å². The molecular formula is C28H30ClN3O2S. The van der Waals surface area contributed by atoms with Gasteiger partial charge in [-0.25, -0.2) is 0 Å². The van der Waals surface area contributed by atoms with Gasteiger partial charge in [0.2, 0.25) is 5.91 Å². The van der Waals surface area contributed by atoms with Crippen LogP contribution in [0.1, 0.15) is 44.9 Å². The standard InChI is InChI=1S/C28H30ClN3O2S/c1-19-3-5-21(6-4-19)27-24-12-16-35-25(24)11-13-31(27)18-26(33)30-14-15-32(20(2)17-30)28(34)22-7-9-23(29)10-8-22/h3-10,12,16,20,27H,11,13-15,17-18H2,1-2H3/t20-,27+/m0/s1. The molecule has 2 amide bonds. The first kappa shape index (κ1) is 24.0. The van der Waals surface area contributed by atoms with Gasteiger partial charge in [-0.2, -0.15) is 0 Å². The molecule has 0 unspecified atom stereocenters. The summed E-state index contributed by atoms with van der Waals surface area (Å²) in [6.45, 7) is 6.99. The van der Waals surface area contributed by atoms with Gasteiger partial charge < -0.3 is 9.80 Å².